The minimum Gasteiger partial charge on any atom is -0.459 e. The molecule has 2 aromatic rings. The first-order chi connectivity index (χ1) is 7.84. The Labute approximate surface area is 90.8 Å². The molecule has 1 aliphatic heterocycles. The fourth-order valence-corrected chi connectivity index (χ4v) is 1.86. The van der Waals surface area contributed by atoms with Crippen LogP contribution in [0.5, 0.6) is 0 Å². The fourth-order valence-electron chi connectivity index (χ4n) is 1.86. The summed E-state index contributed by atoms with van der Waals surface area (Å²) in [4.78, 5) is 20.0. The van der Waals surface area contributed by atoms with E-state index in [1.54, 1.807) is 12.3 Å². The van der Waals surface area contributed by atoms with Crippen LogP contribution >= 0.6 is 0 Å². The number of morpholine rings is 1. The molecule has 1 fully saturated rings. The van der Waals surface area contributed by atoms with Crippen molar-refractivity contribution < 1.29 is 9.15 Å². The van der Waals surface area contributed by atoms with E-state index in [-0.39, 0.29) is 5.69 Å². The first-order valence-corrected chi connectivity index (χ1v) is 5.15. The maximum atomic E-state index is 11.4. The van der Waals surface area contributed by atoms with Crippen LogP contribution in [0.4, 0.5) is 5.82 Å². The predicted octanol–water partition coefficient (Wildman–Crippen LogP) is 0.353. The number of H-pyrrole nitrogens is 1. The number of rotatable bonds is 1. The van der Waals surface area contributed by atoms with E-state index in [9.17, 15) is 4.79 Å². The number of aromatic nitrogens is 2. The lowest BCUT2D eigenvalue weighted by atomic mass is 10.3. The average Bonchev–Trinajstić information content (AvgIpc) is 2.77. The van der Waals surface area contributed by atoms with Crippen LogP contribution in [-0.2, 0) is 4.74 Å². The molecule has 2 aromatic heterocycles. The Morgan fingerprint density at radius 1 is 1.38 bits per heavy atom. The molecule has 0 atom stereocenters. The highest BCUT2D eigenvalue weighted by Crippen LogP contribution is 2.22. The molecule has 0 amide bonds. The Bertz CT molecular complexity index is 554. The van der Waals surface area contributed by atoms with E-state index < -0.39 is 0 Å². The van der Waals surface area contributed by atoms with E-state index in [1.165, 1.54) is 0 Å². The zero-order chi connectivity index (χ0) is 11.0. The van der Waals surface area contributed by atoms with Crippen LogP contribution in [0.2, 0.25) is 0 Å². The van der Waals surface area contributed by atoms with Gasteiger partial charge in [-0.25, -0.2) is 4.79 Å². The summed E-state index contributed by atoms with van der Waals surface area (Å²) < 4.78 is 10.6. The van der Waals surface area contributed by atoms with Crippen LogP contribution in [-0.4, -0.2) is 36.3 Å². The topological polar surface area (TPSA) is 71.4 Å². The van der Waals surface area contributed by atoms with Crippen molar-refractivity contribution in [2.24, 2.45) is 0 Å². The molecule has 0 saturated carbocycles. The van der Waals surface area contributed by atoms with Gasteiger partial charge in [-0.05, 0) is 0 Å². The number of ether oxygens (including phenoxy) is 1. The average molecular weight is 221 g/mol. The summed E-state index contributed by atoms with van der Waals surface area (Å²) in [5, 5.41) is 0. The molecule has 6 nitrogen and oxygen atoms in total. The van der Waals surface area contributed by atoms with Crippen molar-refractivity contribution in [1.29, 1.82) is 0 Å². The van der Waals surface area contributed by atoms with Crippen molar-refractivity contribution in [2.75, 3.05) is 31.2 Å². The molecule has 16 heavy (non-hydrogen) atoms. The third-order valence-electron chi connectivity index (χ3n) is 2.63. The first kappa shape index (κ1) is 9.41. The fraction of sp³-hybridized carbons (Fsp3) is 0.400. The smallest absolute Gasteiger partial charge is 0.347 e. The van der Waals surface area contributed by atoms with E-state index in [0.29, 0.717) is 30.1 Å². The minimum atomic E-state index is -0.351. The SMILES string of the molecule is O=c1nc(N2CCOCC2)c2occc2[nH]1. The summed E-state index contributed by atoms with van der Waals surface area (Å²) in [6.07, 6.45) is 1.55. The maximum Gasteiger partial charge on any atom is 0.347 e. The van der Waals surface area contributed by atoms with Gasteiger partial charge in [0.15, 0.2) is 11.4 Å². The second-order valence-corrected chi connectivity index (χ2v) is 3.63. The standard InChI is InChI=1S/C10H11N3O3/c14-10-11-7-1-4-16-8(7)9(12-10)13-2-5-15-6-3-13/h1,4H,2-3,5-6H2,(H,11,12,14). The summed E-state index contributed by atoms with van der Waals surface area (Å²) in [7, 11) is 0. The summed E-state index contributed by atoms with van der Waals surface area (Å²) in [5.74, 6) is 0.604. The Morgan fingerprint density at radius 3 is 3.00 bits per heavy atom. The summed E-state index contributed by atoms with van der Waals surface area (Å²) >= 11 is 0. The lowest BCUT2D eigenvalue weighted by molar-refractivity contribution is 0.122. The number of hydrogen-bond donors (Lipinski definition) is 1. The van der Waals surface area contributed by atoms with Gasteiger partial charge in [0.05, 0.1) is 25.0 Å². The first-order valence-electron chi connectivity index (χ1n) is 5.15. The molecule has 0 radical (unpaired) electrons. The number of fused-ring (bicyclic) bond motifs is 1. The van der Waals surface area contributed by atoms with Gasteiger partial charge >= 0.3 is 5.69 Å². The van der Waals surface area contributed by atoms with E-state index in [0.717, 1.165) is 13.1 Å². The molecule has 0 unspecified atom stereocenters. The number of anilines is 1. The highest BCUT2D eigenvalue weighted by Gasteiger charge is 2.18. The molecule has 1 aliphatic rings. The van der Waals surface area contributed by atoms with Crippen LogP contribution in [0.25, 0.3) is 11.1 Å². The highest BCUT2D eigenvalue weighted by molar-refractivity contribution is 5.83. The van der Waals surface area contributed by atoms with Crippen molar-refractivity contribution in [2.45, 2.75) is 0 Å². The highest BCUT2D eigenvalue weighted by atomic mass is 16.5. The van der Waals surface area contributed by atoms with E-state index in [4.69, 9.17) is 9.15 Å². The molecule has 3 rings (SSSR count). The zero-order valence-electron chi connectivity index (χ0n) is 8.60. The maximum absolute atomic E-state index is 11.4. The zero-order valence-corrected chi connectivity index (χ0v) is 8.60. The molecule has 0 spiro atoms. The molecule has 1 N–H and O–H groups in total. The number of nitrogens with zero attached hydrogens (tertiary/aromatic N) is 2. The van der Waals surface area contributed by atoms with Crippen LogP contribution in [0.15, 0.2) is 21.5 Å². The lowest BCUT2D eigenvalue weighted by Gasteiger charge is -2.27. The summed E-state index contributed by atoms with van der Waals surface area (Å²) in [5.41, 5.74) is 0.957. The van der Waals surface area contributed by atoms with Crippen molar-refractivity contribution in [3.05, 3.63) is 22.8 Å². The molecular formula is C10H11N3O3. The van der Waals surface area contributed by atoms with E-state index in [2.05, 4.69) is 9.97 Å². The van der Waals surface area contributed by atoms with Gasteiger partial charge in [0.2, 0.25) is 0 Å². The number of aromatic amines is 1. The second-order valence-electron chi connectivity index (χ2n) is 3.63. The van der Waals surface area contributed by atoms with E-state index >= 15 is 0 Å². The van der Waals surface area contributed by atoms with Gasteiger partial charge in [0.25, 0.3) is 0 Å². The van der Waals surface area contributed by atoms with Crippen LogP contribution in [0, 0.1) is 0 Å². The Kier molecular flexibility index (Phi) is 2.14. The Hall–Kier alpha value is -1.82. The summed E-state index contributed by atoms with van der Waals surface area (Å²) in [6, 6.07) is 1.72. The van der Waals surface area contributed by atoms with Crippen molar-refractivity contribution in [3.63, 3.8) is 0 Å². The molecule has 1 saturated heterocycles. The molecule has 3 heterocycles. The Morgan fingerprint density at radius 2 is 2.19 bits per heavy atom. The van der Waals surface area contributed by atoms with Gasteiger partial charge in [-0.1, -0.05) is 0 Å². The normalized spacial score (nSPS) is 16.9. The molecule has 6 heteroatoms. The van der Waals surface area contributed by atoms with Gasteiger partial charge in [-0.2, -0.15) is 4.98 Å². The van der Waals surface area contributed by atoms with Crippen molar-refractivity contribution >= 4 is 16.9 Å². The van der Waals surface area contributed by atoms with Gasteiger partial charge < -0.3 is 19.0 Å². The predicted molar refractivity (Wildman–Crippen MR) is 57.7 cm³/mol. The molecule has 84 valence electrons. The molecule has 0 bridgehead atoms. The van der Waals surface area contributed by atoms with Crippen LogP contribution < -0.4 is 10.6 Å². The summed E-state index contributed by atoms with van der Waals surface area (Å²) in [6.45, 7) is 2.76. The second kappa shape index (κ2) is 3.64. The van der Waals surface area contributed by atoms with Crippen molar-refractivity contribution in [3.8, 4) is 0 Å². The van der Waals surface area contributed by atoms with Crippen LogP contribution in [0.3, 0.4) is 0 Å². The quantitative estimate of drug-likeness (QED) is 0.752. The van der Waals surface area contributed by atoms with Gasteiger partial charge in [-0.15, -0.1) is 0 Å². The molecule has 0 aromatic carbocycles. The third-order valence-corrected chi connectivity index (χ3v) is 2.63. The monoisotopic (exact) mass is 221 g/mol. The lowest BCUT2D eigenvalue weighted by Crippen LogP contribution is -2.37. The number of hydrogen-bond acceptors (Lipinski definition) is 5. The van der Waals surface area contributed by atoms with Gasteiger partial charge in [-0.3, -0.25) is 0 Å². The van der Waals surface area contributed by atoms with E-state index in [1.807, 2.05) is 4.90 Å². The van der Waals surface area contributed by atoms with Gasteiger partial charge in [0, 0.05) is 19.2 Å². The van der Waals surface area contributed by atoms with Crippen molar-refractivity contribution in [1.82, 2.24) is 9.97 Å². The van der Waals surface area contributed by atoms with Crippen LogP contribution in [0.1, 0.15) is 0 Å². The van der Waals surface area contributed by atoms with Gasteiger partial charge in [0.1, 0.15) is 0 Å². The number of furan rings is 1. The molecular weight excluding hydrogens is 210 g/mol. The Balaban J connectivity index is 2.13. The third kappa shape index (κ3) is 1.47. The largest absolute Gasteiger partial charge is 0.459 e. The minimum absolute atomic E-state index is 0.351. The number of nitrogens with one attached hydrogen (secondary N) is 1. The molecule has 0 aliphatic carbocycles.